The van der Waals surface area contributed by atoms with Crippen LogP contribution >= 0.6 is 0 Å². The minimum atomic E-state index is -3.93. The number of benzene rings is 3. The number of ether oxygens (including phenoxy) is 2. The Kier molecular flexibility index (Phi) is 8.15. The van der Waals surface area contributed by atoms with Crippen LogP contribution < -0.4 is 26.7 Å². The zero-order valence-corrected chi connectivity index (χ0v) is 19.1. The van der Waals surface area contributed by atoms with E-state index in [9.17, 15) is 18.0 Å². The van der Waals surface area contributed by atoms with Gasteiger partial charge in [-0.25, -0.2) is 18.2 Å². The quantitative estimate of drug-likeness (QED) is 0.112. The number of sulfonamides is 1. The summed E-state index contributed by atoms with van der Waals surface area (Å²) in [5.41, 5.74) is 17.0. The van der Waals surface area contributed by atoms with Crippen molar-refractivity contribution < 1.29 is 27.5 Å². The topological polar surface area (TPSA) is 189 Å². The standard InChI is InChI=1S/C23H23N5O6S/c24-20(28-35(31,32)19-7-2-1-3-8-19)14-21(29)34-22(30)15-9-11-17(12-10-15)33-18-6-4-5-16(13-18)27-23(25)26/h1-13,20,28H,14,24H2,(H4,25,26,27)/t20-/m0/s1. The Morgan fingerprint density at radius 3 is 2.26 bits per heavy atom. The average molecular weight is 498 g/mol. The van der Waals surface area contributed by atoms with Crippen molar-refractivity contribution in [1.82, 2.24) is 4.72 Å². The van der Waals surface area contributed by atoms with Gasteiger partial charge in [-0.1, -0.05) is 24.3 Å². The van der Waals surface area contributed by atoms with Gasteiger partial charge in [0.1, 0.15) is 11.5 Å². The normalized spacial score (nSPS) is 11.8. The molecule has 35 heavy (non-hydrogen) atoms. The third-order valence-corrected chi connectivity index (χ3v) is 5.86. The van der Waals surface area contributed by atoms with Crippen molar-refractivity contribution in [1.29, 1.82) is 0 Å². The van der Waals surface area contributed by atoms with Crippen LogP contribution in [0.1, 0.15) is 16.8 Å². The summed E-state index contributed by atoms with van der Waals surface area (Å²) in [5.74, 6) is -1.13. The first kappa shape index (κ1) is 25.4. The fourth-order valence-corrected chi connectivity index (χ4v) is 3.99. The van der Waals surface area contributed by atoms with Crippen LogP contribution in [0.25, 0.3) is 0 Å². The maximum Gasteiger partial charge on any atom is 0.345 e. The van der Waals surface area contributed by atoms with Crippen molar-refractivity contribution in [3.05, 3.63) is 84.4 Å². The predicted octanol–water partition coefficient (Wildman–Crippen LogP) is 1.72. The van der Waals surface area contributed by atoms with E-state index < -0.39 is 34.5 Å². The smallest absolute Gasteiger partial charge is 0.345 e. The Morgan fingerprint density at radius 2 is 1.60 bits per heavy atom. The van der Waals surface area contributed by atoms with Gasteiger partial charge in [0.05, 0.1) is 28.7 Å². The molecule has 3 aromatic carbocycles. The van der Waals surface area contributed by atoms with Crippen LogP contribution in [0, 0.1) is 0 Å². The molecule has 0 radical (unpaired) electrons. The fraction of sp³-hybridized carbons (Fsp3) is 0.0870. The van der Waals surface area contributed by atoms with Crippen molar-refractivity contribution in [3.63, 3.8) is 0 Å². The van der Waals surface area contributed by atoms with E-state index in [-0.39, 0.29) is 16.4 Å². The SMILES string of the molecule is NC(N)=Nc1cccc(Oc2ccc(C(=O)OC(=O)C[C@@H](N)NS(=O)(=O)c3ccccc3)cc2)c1. The Hall–Kier alpha value is -4.26. The average Bonchev–Trinajstić information content (AvgIpc) is 2.79. The number of nitrogens with one attached hydrogen (secondary N) is 1. The molecule has 3 rings (SSSR count). The number of rotatable bonds is 9. The maximum atomic E-state index is 12.3. The van der Waals surface area contributed by atoms with Gasteiger partial charge in [0.25, 0.3) is 0 Å². The summed E-state index contributed by atoms with van der Waals surface area (Å²) in [6.45, 7) is 0. The fourth-order valence-electron chi connectivity index (χ4n) is 2.85. The summed E-state index contributed by atoms with van der Waals surface area (Å²) in [4.78, 5) is 28.2. The van der Waals surface area contributed by atoms with Crippen LogP contribution in [0.15, 0.2) is 88.8 Å². The van der Waals surface area contributed by atoms with E-state index >= 15 is 0 Å². The molecule has 1 atom stereocenters. The van der Waals surface area contributed by atoms with Gasteiger partial charge < -0.3 is 26.7 Å². The third-order valence-electron chi connectivity index (χ3n) is 4.35. The summed E-state index contributed by atoms with van der Waals surface area (Å²) in [7, 11) is -3.93. The molecule has 12 heteroatoms. The van der Waals surface area contributed by atoms with Crippen LogP contribution in [0.3, 0.4) is 0 Å². The van der Waals surface area contributed by atoms with E-state index in [1.807, 2.05) is 0 Å². The van der Waals surface area contributed by atoms with Gasteiger partial charge >= 0.3 is 11.9 Å². The molecule has 0 unspecified atom stereocenters. The van der Waals surface area contributed by atoms with E-state index in [1.54, 1.807) is 42.5 Å². The van der Waals surface area contributed by atoms with Crippen molar-refractivity contribution in [3.8, 4) is 11.5 Å². The number of esters is 2. The number of nitrogens with zero attached hydrogens (tertiary/aromatic N) is 1. The van der Waals surface area contributed by atoms with Gasteiger partial charge in [-0.2, -0.15) is 4.72 Å². The van der Waals surface area contributed by atoms with Crippen molar-refractivity contribution in [2.24, 2.45) is 22.2 Å². The first-order valence-corrected chi connectivity index (χ1v) is 11.7. The maximum absolute atomic E-state index is 12.3. The highest BCUT2D eigenvalue weighted by Crippen LogP contribution is 2.25. The summed E-state index contributed by atoms with van der Waals surface area (Å²) in [6, 6.07) is 20.1. The van der Waals surface area contributed by atoms with Crippen LogP contribution in [0.4, 0.5) is 5.69 Å². The van der Waals surface area contributed by atoms with Gasteiger partial charge in [0.2, 0.25) is 10.0 Å². The molecule has 0 amide bonds. The van der Waals surface area contributed by atoms with Crippen LogP contribution in [-0.4, -0.2) is 32.5 Å². The molecule has 0 aliphatic rings. The van der Waals surface area contributed by atoms with Crippen molar-refractivity contribution in [2.75, 3.05) is 0 Å². The van der Waals surface area contributed by atoms with E-state index in [1.165, 1.54) is 36.4 Å². The van der Waals surface area contributed by atoms with Crippen LogP contribution in [0.5, 0.6) is 11.5 Å². The second-order valence-electron chi connectivity index (χ2n) is 7.17. The lowest BCUT2D eigenvalue weighted by atomic mass is 10.2. The summed E-state index contributed by atoms with van der Waals surface area (Å²) >= 11 is 0. The minimum absolute atomic E-state index is 0.00910. The number of hydrogen-bond acceptors (Lipinski definition) is 8. The number of guanidine groups is 1. The molecule has 0 heterocycles. The van der Waals surface area contributed by atoms with Crippen LogP contribution in [-0.2, 0) is 19.6 Å². The van der Waals surface area contributed by atoms with Crippen LogP contribution in [0.2, 0.25) is 0 Å². The molecule has 0 aromatic heterocycles. The second kappa shape index (κ2) is 11.2. The molecule has 0 spiro atoms. The molecule has 0 fully saturated rings. The van der Waals surface area contributed by atoms with E-state index in [4.69, 9.17) is 26.7 Å². The highest BCUT2D eigenvalue weighted by atomic mass is 32.2. The van der Waals surface area contributed by atoms with Gasteiger partial charge in [-0.3, -0.25) is 4.79 Å². The lowest BCUT2D eigenvalue weighted by molar-refractivity contribution is -0.138. The largest absolute Gasteiger partial charge is 0.457 e. The molecule has 182 valence electrons. The molecule has 11 nitrogen and oxygen atoms in total. The highest BCUT2D eigenvalue weighted by Gasteiger charge is 2.21. The van der Waals surface area contributed by atoms with E-state index in [0.29, 0.717) is 17.2 Å². The molecule has 0 saturated carbocycles. The molecule has 0 saturated heterocycles. The lowest BCUT2D eigenvalue weighted by Crippen LogP contribution is -2.43. The van der Waals surface area contributed by atoms with Crippen molar-refractivity contribution in [2.45, 2.75) is 17.5 Å². The van der Waals surface area contributed by atoms with E-state index in [0.717, 1.165) is 0 Å². The molecule has 7 N–H and O–H groups in total. The number of carbonyl (C=O) groups excluding carboxylic acids is 2. The monoisotopic (exact) mass is 497 g/mol. The molecular formula is C23H23N5O6S. The number of nitrogens with two attached hydrogens (primary N) is 3. The predicted molar refractivity (Wildman–Crippen MR) is 128 cm³/mol. The van der Waals surface area contributed by atoms with Crippen molar-refractivity contribution >= 4 is 33.6 Å². The molecule has 3 aromatic rings. The van der Waals surface area contributed by atoms with Gasteiger partial charge in [-0.05, 0) is 48.5 Å². The number of hydrogen-bond donors (Lipinski definition) is 4. The van der Waals surface area contributed by atoms with Gasteiger partial charge in [-0.15, -0.1) is 0 Å². The highest BCUT2D eigenvalue weighted by molar-refractivity contribution is 7.89. The zero-order valence-electron chi connectivity index (χ0n) is 18.3. The summed E-state index contributed by atoms with van der Waals surface area (Å²) < 4.78 is 37.1. The molecule has 0 aliphatic carbocycles. The summed E-state index contributed by atoms with van der Waals surface area (Å²) in [6.07, 6.45) is -1.84. The Bertz CT molecular complexity index is 1320. The van der Waals surface area contributed by atoms with Gasteiger partial charge in [0.15, 0.2) is 5.96 Å². The number of carbonyl (C=O) groups is 2. The molecular weight excluding hydrogens is 474 g/mol. The lowest BCUT2D eigenvalue weighted by Gasteiger charge is -2.13. The second-order valence-corrected chi connectivity index (χ2v) is 8.88. The third kappa shape index (κ3) is 7.64. The van der Waals surface area contributed by atoms with Gasteiger partial charge in [0, 0.05) is 6.07 Å². The Morgan fingerprint density at radius 1 is 0.914 bits per heavy atom. The molecule has 0 aliphatic heterocycles. The zero-order chi connectivity index (χ0) is 25.4. The number of aliphatic imine (C=N–C) groups is 1. The first-order chi connectivity index (χ1) is 16.6. The Labute approximate surface area is 201 Å². The van der Waals surface area contributed by atoms with E-state index in [2.05, 4.69) is 9.71 Å². The minimum Gasteiger partial charge on any atom is -0.457 e. The summed E-state index contributed by atoms with van der Waals surface area (Å²) in [5, 5.41) is 0. The molecule has 0 bridgehead atoms. The first-order valence-electron chi connectivity index (χ1n) is 10.2. The Balaban J connectivity index is 1.54.